The highest BCUT2D eigenvalue weighted by Crippen LogP contribution is 2.34. The van der Waals surface area contributed by atoms with Gasteiger partial charge in [0.1, 0.15) is 5.75 Å². The second-order valence-corrected chi connectivity index (χ2v) is 8.94. The van der Waals surface area contributed by atoms with E-state index in [4.69, 9.17) is 16.3 Å². The molecule has 0 unspecified atom stereocenters. The van der Waals surface area contributed by atoms with Crippen molar-refractivity contribution in [3.8, 4) is 11.6 Å². The molecule has 1 aliphatic heterocycles. The highest BCUT2D eigenvalue weighted by molar-refractivity contribution is 14.1. The number of halogens is 3. The smallest absolute Gasteiger partial charge is 0.293 e. The van der Waals surface area contributed by atoms with Crippen LogP contribution in [0.2, 0.25) is 5.28 Å². The van der Waals surface area contributed by atoms with Gasteiger partial charge in [-0.15, -0.1) is 0 Å². The van der Waals surface area contributed by atoms with E-state index in [0.29, 0.717) is 16.2 Å². The van der Waals surface area contributed by atoms with Crippen molar-refractivity contribution in [2.45, 2.75) is 6.54 Å². The zero-order valence-corrected chi connectivity index (χ0v) is 19.3. The lowest BCUT2D eigenvalue weighted by Gasteiger charge is -2.12. The maximum Gasteiger partial charge on any atom is 0.293 e. The molecule has 31 heavy (non-hydrogen) atoms. The van der Waals surface area contributed by atoms with E-state index in [1.165, 1.54) is 4.90 Å². The monoisotopic (exact) mass is 567 g/mol. The van der Waals surface area contributed by atoms with Crippen LogP contribution in [0.15, 0.2) is 59.6 Å². The van der Waals surface area contributed by atoms with Gasteiger partial charge < -0.3 is 4.74 Å². The maximum absolute atomic E-state index is 13.8. The highest BCUT2D eigenvalue weighted by atomic mass is 127. The Morgan fingerprint density at radius 1 is 1.19 bits per heavy atom. The number of rotatable bonds is 5. The molecular formula is C21H12ClFIN3O3S. The average molecular weight is 568 g/mol. The van der Waals surface area contributed by atoms with E-state index in [1.807, 2.05) is 24.3 Å². The first-order chi connectivity index (χ1) is 14.9. The molecule has 10 heteroatoms. The molecule has 1 aromatic heterocycles. The Morgan fingerprint density at radius 2 is 1.97 bits per heavy atom. The number of amides is 2. The zero-order chi connectivity index (χ0) is 22.0. The minimum atomic E-state index is -0.758. The summed E-state index contributed by atoms with van der Waals surface area (Å²) in [6.45, 7) is 0.204. The normalized spacial score (nSPS) is 15.1. The molecule has 2 aromatic carbocycles. The Bertz CT molecular complexity index is 1210. The maximum atomic E-state index is 13.8. The summed E-state index contributed by atoms with van der Waals surface area (Å²) < 4.78 is 20.3. The van der Waals surface area contributed by atoms with Crippen molar-refractivity contribution in [3.05, 3.63) is 85.4 Å². The van der Waals surface area contributed by atoms with Crippen molar-refractivity contribution < 1.29 is 18.7 Å². The molecule has 2 amide bonds. The average Bonchev–Trinajstić information content (AvgIpc) is 3.00. The van der Waals surface area contributed by atoms with Crippen molar-refractivity contribution in [3.63, 3.8) is 0 Å². The second kappa shape index (κ2) is 9.33. The van der Waals surface area contributed by atoms with E-state index in [9.17, 15) is 14.0 Å². The summed E-state index contributed by atoms with van der Waals surface area (Å²) in [5.41, 5.74) is 1.47. The lowest BCUT2D eigenvalue weighted by atomic mass is 10.2. The summed E-state index contributed by atoms with van der Waals surface area (Å²) in [4.78, 5) is 33.9. The van der Waals surface area contributed by atoms with Gasteiger partial charge in [0.2, 0.25) is 11.1 Å². The molecule has 0 spiro atoms. The molecule has 4 rings (SSSR count). The quantitative estimate of drug-likeness (QED) is 0.217. The number of hydrogen-bond acceptors (Lipinski definition) is 6. The summed E-state index contributed by atoms with van der Waals surface area (Å²) in [5, 5.41) is -0.478. The zero-order valence-electron chi connectivity index (χ0n) is 15.6. The van der Waals surface area contributed by atoms with Crippen molar-refractivity contribution in [2.24, 2.45) is 0 Å². The number of carbonyl (C=O) groups excluding carboxylic acids is 2. The molecule has 1 aliphatic rings. The van der Waals surface area contributed by atoms with E-state index in [2.05, 4.69) is 32.6 Å². The van der Waals surface area contributed by atoms with E-state index in [1.54, 1.807) is 30.3 Å². The molecule has 1 saturated heterocycles. The molecule has 2 heterocycles. The standard InChI is InChI=1S/C21H12ClFIN3O3S/c22-20-25-10-16(23)18(26-20)30-15-3-1-2-13(8-15)9-17-19(28)27(21(29)31-17)11-12-4-6-14(24)7-5-12/h1-10H,11H2/b17-9+. The van der Waals surface area contributed by atoms with E-state index in [-0.39, 0.29) is 28.9 Å². The van der Waals surface area contributed by atoms with Crippen LogP contribution in [0.3, 0.4) is 0 Å². The summed E-state index contributed by atoms with van der Waals surface area (Å²) in [6, 6.07) is 14.2. The molecule has 6 nitrogen and oxygen atoms in total. The van der Waals surface area contributed by atoms with Gasteiger partial charge in [-0.3, -0.25) is 14.5 Å². The van der Waals surface area contributed by atoms with Gasteiger partial charge in [-0.1, -0.05) is 24.3 Å². The Kier molecular flexibility index (Phi) is 6.54. The van der Waals surface area contributed by atoms with Crippen molar-refractivity contribution in [1.82, 2.24) is 14.9 Å². The first kappa shape index (κ1) is 21.7. The molecule has 156 valence electrons. The predicted molar refractivity (Wildman–Crippen MR) is 124 cm³/mol. The van der Waals surface area contributed by atoms with Gasteiger partial charge in [-0.2, -0.15) is 9.37 Å². The number of thioether (sulfide) groups is 1. The predicted octanol–water partition coefficient (Wildman–Crippen LogP) is 5.90. The van der Waals surface area contributed by atoms with Gasteiger partial charge in [0.05, 0.1) is 17.6 Å². The highest BCUT2D eigenvalue weighted by Gasteiger charge is 2.35. The number of imide groups is 1. The van der Waals surface area contributed by atoms with Gasteiger partial charge in [0.15, 0.2) is 0 Å². The van der Waals surface area contributed by atoms with Gasteiger partial charge in [0.25, 0.3) is 17.0 Å². The van der Waals surface area contributed by atoms with Crippen LogP contribution in [-0.4, -0.2) is 26.0 Å². The number of ether oxygens (including phenoxy) is 1. The van der Waals surface area contributed by atoms with E-state index < -0.39 is 5.82 Å². The second-order valence-electron chi connectivity index (χ2n) is 6.36. The van der Waals surface area contributed by atoms with Crippen LogP contribution >= 0.6 is 46.0 Å². The molecule has 0 N–H and O–H groups in total. The van der Waals surface area contributed by atoms with Crippen LogP contribution in [0, 0.1) is 9.39 Å². The lowest BCUT2D eigenvalue weighted by Crippen LogP contribution is -2.27. The van der Waals surface area contributed by atoms with Crippen molar-refractivity contribution >= 4 is 63.2 Å². The summed E-state index contributed by atoms with van der Waals surface area (Å²) in [5.74, 6) is -1.14. The molecule has 0 saturated carbocycles. The van der Waals surface area contributed by atoms with Gasteiger partial charge in [-0.05, 0) is 87.4 Å². The number of carbonyl (C=O) groups is 2. The lowest BCUT2D eigenvalue weighted by molar-refractivity contribution is -0.123. The largest absolute Gasteiger partial charge is 0.436 e. The third-order valence-corrected chi connectivity index (χ3v) is 5.99. The van der Waals surface area contributed by atoms with Crippen molar-refractivity contribution in [2.75, 3.05) is 0 Å². The van der Waals surface area contributed by atoms with E-state index >= 15 is 0 Å². The Hall–Kier alpha value is -2.50. The Labute approximate surface area is 199 Å². The summed E-state index contributed by atoms with van der Waals surface area (Å²) >= 11 is 8.74. The molecule has 0 aliphatic carbocycles. The van der Waals surface area contributed by atoms with Crippen LogP contribution in [0.4, 0.5) is 9.18 Å². The molecule has 0 atom stereocenters. The van der Waals surface area contributed by atoms with Crippen LogP contribution in [-0.2, 0) is 11.3 Å². The number of aromatic nitrogens is 2. The first-order valence-corrected chi connectivity index (χ1v) is 11.1. The van der Waals surface area contributed by atoms with Gasteiger partial charge >= 0.3 is 0 Å². The van der Waals surface area contributed by atoms with Crippen LogP contribution in [0.25, 0.3) is 6.08 Å². The molecule has 1 fully saturated rings. The number of hydrogen-bond donors (Lipinski definition) is 0. The molecule has 0 bridgehead atoms. The van der Waals surface area contributed by atoms with Gasteiger partial charge in [0, 0.05) is 3.57 Å². The topological polar surface area (TPSA) is 72.4 Å². The molecule has 0 radical (unpaired) electrons. The summed E-state index contributed by atoms with van der Waals surface area (Å²) in [7, 11) is 0. The fourth-order valence-corrected chi connectivity index (χ4v) is 4.07. The minimum Gasteiger partial charge on any atom is -0.436 e. The Balaban J connectivity index is 1.52. The Morgan fingerprint density at radius 3 is 2.74 bits per heavy atom. The fourth-order valence-electron chi connectivity index (χ4n) is 2.74. The number of nitrogens with zero attached hydrogens (tertiary/aromatic N) is 3. The third-order valence-electron chi connectivity index (χ3n) is 4.18. The van der Waals surface area contributed by atoms with Crippen LogP contribution in [0.5, 0.6) is 11.6 Å². The molecule has 3 aromatic rings. The first-order valence-electron chi connectivity index (χ1n) is 8.85. The van der Waals surface area contributed by atoms with E-state index in [0.717, 1.165) is 27.1 Å². The third kappa shape index (κ3) is 5.23. The van der Waals surface area contributed by atoms with Crippen LogP contribution in [0.1, 0.15) is 11.1 Å². The molecular weight excluding hydrogens is 556 g/mol. The van der Waals surface area contributed by atoms with Crippen molar-refractivity contribution in [1.29, 1.82) is 0 Å². The number of benzene rings is 2. The SMILES string of the molecule is O=C1S/C(=C/c2cccc(Oc3nc(Cl)ncc3F)c2)C(=O)N1Cc1ccc(I)cc1. The van der Waals surface area contributed by atoms with Gasteiger partial charge in [-0.25, -0.2) is 4.98 Å². The fraction of sp³-hybridized carbons (Fsp3) is 0.0476. The minimum absolute atomic E-state index is 0.144. The summed E-state index contributed by atoms with van der Waals surface area (Å²) in [6.07, 6.45) is 2.51. The van der Waals surface area contributed by atoms with Crippen LogP contribution < -0.4 is 4.74 Å².